The lowest BCUT2D eigenvalue weighted by Crippen LogP contribution is -2.09. The molecule has 2 aromatic rings. The number of esters is 1. The van der Waals surface area contributed by atoms with Crippen LogP contribution >= 0.6 is 0 Å². The number of ether oxygens (including phenoxy) is 3. The van der Waals surface area contributed by atoms with Crippen molar-refractivity contribution in [2.24, 2.45) is 0 Å². The normalized spacial score (nSPS) is 13.0. The zero-order chi connectivity index (χ0) is 19.1. The molecule has 0 radical (unpaired) electrons. The predicted octanol–water partition coefficient (Wildman–Crippen LogP) is 2.99. The van der Waals surface area contributed by atoms with Crippen molar-refractivity contribution in [1.82, 2.24) is 9.78 Å². The van der Waals surface area contributed by atoms with Gasteiger partial charge in [-0.05, 0) is 49.9 Å². The van der Waals surface area contributed by atoms with Gasteiger partial charge in [0.25, 0.3) is 0 Å². The third-order valence-corrected chi connectivity index (χ3v) is 4.56. The Labute approximate surface area is 158 Å². The molecule has 3 rings (SSSR count). The SMILES string of the molecule is COCCOCCCC(=O)OCc1nn(-c2ccc(F)cc2)c2c1CCC2. The number of methoxy groups -OCH3 is 1. The van der Waals surface area contributed by atoms with Gasteiger partial charge < -0.3 is 14.2 Å². The largest absolute Gasteiger partial charge is 0.459 e. The van der Waals surface area contributed by atoms with E-state index >= 15 is 0 Å². The Hall–Kier alpha value is -2.25. The molecule has 0 N–H and O–H groups in total. The van der Waals surface area contributed by atoms with E-state index in [2.05, 4.69) is 5.10 Å². The number of rotatable bonds is 10. The van der Waals surface area contributed by atoms with Gasteiger partial charge in [0.2, 0.25) is 0 Å². The zero-order valence-electron chi connectivity index (χ0n) is 15.6. The molecule has 0 fully saturated rings. The van der Waals surface area contributed by atoms with Crippen LogP contribution in [0.5, 0.6) is 0 Å². The molecule has 0 saturated carbocycles. The van der Waals surface area contributed by atoms with Crippen LogP contribution in [0, 0.1) is 5.82 Å². The number of benzene rings is 1. The van der Waals surface area contributed by atoms with Crippen molar-refractivity contribution in [3.63, 3.8) is 0 Å². The summed E-state index contributed by atoms with van der Waals surface area (Å²) in [6.45, 7) is 1.75. The summed E-state index contributed by atoms with van der Waals surface area (Å²) in [7, 11) is 1.62. The summed E-state index contributed by atoms with van der Waals surface area (Å²) in [5, 5.41) is 4.61. The standard InChI is InChI=1S/C20H25FN2O4/c1-25-12-13-26-11-3-6-20(24)27-14-18-17-4-2-5-19(17)23(22-18)16-9-7-15(21)8-10-16/h7-10H,2-6,11-14H2,1H3. The van der Waals surface area contributed by atoms with Crippen molar-refractivity contribution < 1.29 is 23.4 Å². The maximum Gasteiger partial charge on any atom is 0.306 e. The molecule has 0 atom stereocenters. The maximum atomic E-state index is 13.2. The number of nitrogens with zero attached hydrogens (tertiary/aromatic N) is 2. The van der Waals surface area contributed by atoms with Crippen molar-refractivity contribution in [3.8, 4) is 5.69 Å². The Balaban J connectivity index is 1.54. The topological polar surface area (TPSA) is 62.6 Å². The van der Waals surface area contributed by atoms with E-state index < -0.39 is 0 Å². The Morgan fingerprint density at radius 1 is 1.19 bits per heavy atom. The molecule has 1 heterocycles. The van der Waals surface area contributed by atoms with Gasteiger partial charge in [0.1, 0.15) is 18.1 Å². The van der Waals surface area contributed by atoms with E-state index in [0.29, 0.717) is 32.7 Å². The van der Waals surface area contributed by atoms with E-state index in [9.17, 15) is 9.18 Å². The number of hydrogen-bond donors (Lipinski definition) is 0. The van der Waals surface area contributed by atoms with Crippen LogP contribution in [0.3, 0.4) is 0 Å². The number of hydrogen-bond acceptors (Lipinski definition) is 5. The highest BCUT2D eigenvalue weighted by atomic mass is 19.1. The Bertz CT molecular complexity index is 758. The second-order valence-electron chi connectivity index (χ2n) is 6.48. The van der Waals surface area contributed by atoms with Gasteiger partial charge in [0.05, 0.1) is 18.9 Å². The van der Waals surface area contributed by atoms with Crippen molar-refractivity contribution in [2.75, 3.05) is 26.9 Å². The van der Waals surface area contributed by atoms with Gasteiger partial charge in [-0.3, -0.25) is 4.79 Å². The minimum Gasteiger partial charge on any atom is -0.459 e. The maximum absolute atomic E-state index is 13.2. The molecule has 0 unspecified atom stereocenters. The van der Waals surface area contributed by atoms with Gasteiger partial charge in [-0.2, -0.15) is 5.10 Å². The predicted molar refractivity (Wildman–Crippen MR) is 97.3 cm³/mol. The summed E-state index contributed by atoms with van der Waals surface area (Å²) in [6.07, 6.45) is 3.83. The van der Waals surface area contributed by atoms with E-state index in [0.717, 1.165) is 41.9 Å². The molecule has 1 aromatic carbocycles. The fourth-order valence-electron chi connectivity index (χ4n) is 3.21. The third kappa shape index (κ3) is 5.14. The molecule has 1 aliphatic carbocycles. The second kappa shape index (κ2) is 9.62. The number of halogens is 1. The summed E-state index contributed by atoms with van der Waals surface area (Å²) in [5.74, 6) is -0.531. The first-order valence-corrected chi connectivity index (χ1v) is 9.27. The fraction of sp³-hybridized carbons (Fsp3) is 0.500. The molecule has 27 heavy (non-hydrogen) atoms. The summed E-state index contributed by atoms with van der Waals surface area (Å²) in [4.78, 5) is 11.9. The van der Waals surface area contributed by atoms with Gasteiger partial charge in [-0.15, -0.1) is 0 Å². The Morgan fingerprint density at radius 3 is 2.78 bits per heavy atom. The number of carbonyl (C=O) groups is 1. The molecule has 0 bridgehead atoms. The fourth-order valence-corrected chi connectivity index (χ4v) is 3.21. The first kappa shape index (κ1) is 19.5. The van der Waals surface area contributed by atoms with E-state index in [4.69, 9.17) is 14.2 Å². The van der Waals surface area contributed by atoms with Crippen molar-refractivity contribution in [3.05, 3.63) is 47.0 Å². The third-order valence-electron chi connectivity index (χ3n) is 4.56. The van der Waals surface area contributed by atoms with E-state index in [-0.39, 0.29) is 18.4 Å². The number of aromatic nitrogens is 2. The van der Waals surface area contributed by atoms with Crippen molar-refractivity contribution in [1.29, 1.82) is 0 Å². The van der Waals surface area contributed by atoms with Crippen molar-refractivity contribution >= 4 is 5.97 Å². The molecule has 1 aromatic heterocycles. The summed E-state index contributed by atoms with van der Waals surface area (Å²) >= 11 is 0. The highest BCUT2D eigenvalue weighted by Gasteiger charge is 2.23. The van der Waals surface area contributed by atoms with Gasteiger partial charge in [-0.1, -0.05) is 0 Å². The molecule has 0 saturated heterocycles. The first-order valence-electron chi connectivity index (χ1n) is 9.27. The van der Waals surface area contributed by atoms with E-state index in [1.807, 2.05) is 4.68 Å². The van der Waals surface area contributed by atoms with Crippen LogP contribution in [0.25, 0.3) is 5.69 Å². The molecular weight excluding hydrogens is 351 g/mol. The minimum atomic E-state index is -0.275. The highest BCUT2D eigenvalue weighted by Crippen LogP contribution is 2.28. The molecule has 146 valence electrons. The van der Waals surface area contributed by atoms with Crippen LogP contribution < -0.4 is 0 Å². The van der Waals surface area contributed by atoms with Crippen LogP contribution in [0.1, 0.15) is 36.2 Å². The molecule has 0 spiro atoms. The van der Waals surface area contributed by atoms with Crippen LogP contribution in [-0.2, 0) is 38.5 Å². The average molecular weight is 376 g/mol. The van der Waals surface area contributed by atoms with Gasteiger partial charge in [0.15, 0.2) is 0 Å². The lowest BCUT2D eigenvalue weighted by Gasteiger charge is -2.06. The zero-order valence-corrected chi connectivity index (χ0v) is 15.6. The molecule has 0 aliphatic heterocycles. The number of fused-ring (bicyclic) bond motifs is 1. The second-order valence-corrected chi connectivity index (χ2v) is 6.48. The van der Waals surface area contributed by atoms with Gasteiger partial charge in [0, 0.05) is 31.4 Å². The molecule has 7 heteroatoms. The van der Waals surface area contributed by atoms with Crippen LogP contribution in [0.15, 0.2) is 24.3 Å². The minimum absolute atomic E-state index is 0.167. The lowest BCUT2D eigenvalue weighted by atomic mass is 10.2. The van der Waals surface area contributed by atoms with Crippen LogP contribution in [-0.4, -0.2) is 42.7 Å². The lowest BCUT2D eigenvalue weighted by molar-refractivity contribution is -0.145. The number of carbonyl (C=O) groups excluding carboxylic acids is 1. The highest BCUT2D eigenvalue weighted by molar-refractivity contribution is 5.69. The van der Waals surface area contributed by atoms with Crippen molar-refractivity contribution in [2.45, 2.75) is 38.7 Å². The molecule has 6 nitrogen and oxygen atoms in total. The van der Waals surface area contributed by atoms with Crippen LogP contribution in [0.2, 0.25) is 0 Å². The van der Waals surface area contributed by atoms with E-state index in [1.165, 1.54) is 12.1 Å². The first-order chi connectivity index (χ1) is 13.2. The smallest absolute Gasteiger partial charge is 0.306 e. The van der Waals surface area contributed by atoms with E-state index in [1.54, 1.807) is 19.2 Å². The Morgan fingerprint density at radius 2 is 2.00 bits per heavy atom. The van der Waals surface area contributed by atoms with Gasteiger partial charge in [-0.25, -0.2) is 9.07 Å². The average Bonchev–Trinajstić information content (AvgIpc) is 3.27. The summed E-state index contributed by atoms with van der Waals surface area (Å²) in [5.41, 5.74) is 3.88. The summed E-state index contributed by atoms with van der Waals surface area (Å²) in [6, 6.07) is 6.26. The summed E-state index contributed by atoms with van der Waals surface area (Å²) < 4.78 is 30.6. The molecule has 0 amide bonds. The van der Waals surface area contributed by atoms with Crippen LogP contribution in [0.4, 0.5) is 4.39 Å². The quantitative estimate of drug-likeness (QED) is 0.471. The molecule has 1 aliphatic rings. The van der Waals surface area contributed by atoms with Gasteiger partial charge >= 0.3 is 5.97 Å². The Kier molecular flexibility index (Phi) is 6.95. The monoisotopic (exact) mass is 376 g/mol. The molecular formula is C20H25FN2O4.